The Kier molecular flexibility index (Phi) is 8.39. The van der Waals surface area contributed by atoms with Crippen molar-refractivity contribution in [2.75, 3.05) is 42.5 Å². The number of aryl methyl sites for hydroxylation is 1. The molecule has 220 valence electrons. The molecule has 4 rings (SSSR count). The number of carbonyl (C=O) groups excluding carboxylic acids is 1. The molecule has 2 aromatic carbocycles. The molecule has 0 atom stereocenters. The van der Waals surface area contributed by atoms with Crippen molar-refractivity contribution >= 4 is 22.5 Å². The first-order valence-electron chi connectivity index (χ1n) is 12.8. The van der Waals surface area contributed by atoms with E-state index >= 15 is 0 Å². The third-order valence-electron chi connectivity index (χ3n) is 6.75. The predicted octanol–water partition coefficient (Wildman–Crippen LogP) is 3.55. The van der Waals surface area contributed by atoms with Crippen molar-refractivity contribution in [3.63, 3.8) is 0 Å². The molecule has 0 aliphatic heterocycles. The number of rotatable bonds is 11. The molecule has 0 bridgehead atoms. The summed E-state index contributed by atoms with van der Waals surface area (Å²) in [6, 6.07) is 6.67. The average molecular weight is 578 g/mol. The number of methoxy groups -OCH3 is 4. The topological polar surface area (TPSA) is 133 Å². The van der Waals surface area contributed by atoms with Gasteiger partial charge in [0.2, 0.25) is 11.5 Å². The van der Waals surface area contributed by atoms with Gasteiger partial charge in [0.25, 0.3) is 0 Å². The number of quaternary nitrogens is 1. The van der Waals surface area contributed by atoms with Crippen LogP contribution >= 0.6 is 0 Å². The molecular weight excluding hydrogens is 544 g/mol. The van der Waals surface area contributed by atoms with Crippen LogP contribution in [0, 0.1) is 22.0 Å². The van der Waals surface area contributed by atoms with E-state index in [9.17, 15) is 14.9 Å². The van der Waals surface area contributed by atoms with Crippen LogP contribution in [-0.2, 0) is 20.3 Å². The van der Waals surface area contributed by atoms with Crippen molar-refractivity contribution in [1.29, 1.82) is 0 Å². The Morgan fingerprint density at radius 1 is 1.05 bits per heavy atom. The van der Waals surface area contributed by atoms with E-state index in [1.165, 1.54) is 39.3 Å². The molecule has 0 saturated carbocycles. The molecule has 2 aromatic heterocycles. The Balaban J connectivity index is 1.89. The fourth-order valence-corrected chi connectivity index (χ4v) is 4.99. The van der Waals surface area contributed by atoms with E-state index < -0.39 is 4.92 Å². The summed E-state index contributed by atoms with van der Waals surface area (Å²) in [6.07, 6.45) is 1.50. The van der Waals surface area contributed by atoms with Crippen LogP contribution in [0.3, 0.4) is 0 Å². The Morgan fingerprint density at radius 3 is 2.24 bits per heavy atom. The molecule has 0 unspecified atom stereocenters. The van der Waals surface area contributed by atoms with Gasteiger partial charge < -0.3 is 33.5 Å². The van der Waals surface area contributed by atoms with Gasteiger partial charge in [0.05, 0.1) is 59.8 Å². The van der Waals surface area contributed by atoms with Crippen LogP contribution in [0.15, 0.2) is 30.5 Å². The number of hydrogen-bond donors (Lipinski definition) is 0. The number of nitro groups is 1. The number of benzene rings is 2. The minimum Gasteiger partial charge on any atom is -0.495 e. The van der Waals surface area contributed by atoms with Crippen LogP contribution in [-0.4, -0.2) is 77.3 Å². The van der Waals surface area contributed by atoms with Crippen LogP contribution in [0.4, 0.5) is 5.82 Å². The lowest BCUT2D eigenvalue weighted by Gasteiger charge is -2.29. The Morgan fingerprint density at radius 2 is 1.69 bits per heavy atom. The molecule has 0 saturated heterocycles. The molecule has 42 heavy (non-hydrogen) atoms. The van der Waals surface area contributed by atoms with Crippen LogP contribution in [0.2, 0.25) is 0 Å². The van der Waals surface area contributed by atoms with E-state index in [0.29, 0.717) is 45.0 Å². The van der Waals surface area contributed by atoms with Crippen molar-refractivity contribution in [1.82, 2.24) is 19.6 Å². The third kappa shape index (κ3) is 5.44. The zero-order valence-corrected chi connectivity index (χ0v) is 24.8. The monoisotopic (exact) mass is 577 g/mol. The number of fused-ring (bicyclic) bond motifs is 1. The van der Waals surface area contributed by atoms with Gasteiger partial charge in [-0.2, -0.15) is 5.10 Å². The van der Waals surface area contributed by atoms with Crippen LogP contribution < -0.4 is 18.9 Å². The molecule has 13 nitrogen and oxygen atoms in total. The smallest absolute Gasteiger partial charge is 0.353 e. The molecule has 0 aliphatic carbocycles. The molecule has 0 aliphatic rings. The van der Waals surface area contributed by atoms with E-state index in [2.05, 4.69) is 16.9 Å². The number of nitrogens with zero attached hydrogens (tertiary/aromatic N) is 6. The number of ketones is 1. The SMILES string of the molecule is CC#Cc1c(OC)ccc2c(C(=O)c3cc(OC)c(OC)c(OC)c3)nn(C[N+](C)(C)Cc3cnn(C)c3[N+](=O)[O-])c12. The third-order valence-corrected chi connectivity index (χ3v) is 6.75. The lowest BCUT2D eigenvalue weighted by atomic mass is 10.0. The van der Waals surface area contributed by atoms with Gasteiger partial charge in [-0.05, 0) is 36.1 Å². The Bertz CT molecular complexity index is 1720. The summed E-state index contributed by atoms with van der Waals surface area (Å²) >= 11 is 0. The highest BCUT2D eigenvalue weighted by atomic mass is 16.6. The van der Waals surface area contributed by atoms with Gasteiger partial charge in [0.15, 0.2) is 18.2 Å². The normalized spacial score (nSPS) is 11.1. The van der Waals surface area contributed by atoms with Gasteiger partial charge in [-0.25, -0.2) is 4.68 Å². The molecule has 4 aromatic rings. The van der Waals surface area contributed by atoms with E-state index in [4.69, 9.17) is 24.0 Å². The van der Waals surface area contributed by atoms with Gasteiger partial charge in [-0.1, -0.05) is 11.0 Å². The summed E-state index contributed by atoms with van der Waals surface area (Å²) in [7, 11) is 11.3. The van der Waals surface area contributed by atoms with Crippen LogP contribution in [0.5, 0.6) is 23.0 Å². The van der Waals surface area contributed by atoms with E-state index in [1.807, 2.05) is 14.1 Å². The maximum absolute atomic E-state index is 14.0. The molecular formula is C29H33N6O7+. The van der Waals surface area contributed by atoms with E-state index in [1.54, 1.807) is 43.0 Å². The molecule has 0 spiro atoms. The summed E-state index contributed by atoms with van der Waals surface area (Å²) in [6.45, 7) is 2.24. The Labute approximate surface area is 242 Å². The first-order valence-corrected chi connectivity index (χ1v) is 12.8. The summed E-state index contributed by atoms with van der Waals surface area (Å²) in [5.41, 5.74) is 2.12. The largest absolute Gasteiger partial charge is 0.495 e. The first-order chi connectivity index (χ1) is 20.0. The van der Waals surface area contributed by atoms with Gasteiger partial charge in [-0.15, -0.1) is 10.6 Å². The minimum atomic E-state index is -0.445. The summed E-state index contributed by atoms with van der Waals surface area (Å²) < 4.78 is 25.1. The molecule has 2 heterocycles. The van der Waals surface area contributed by atoms with E-state index in [-0.39, 0.29) is 40.6 Å². The number of hydrogen-bond acceptors (Lipinski definition) is 9. The van der Waals surface area contributed by atoms with E-state index in [0.717, 1.165) is 0 Å². The van der Waals surface area contributed by atoms with Gasteiger partial charge in [0, 0.05) is 10.9 Å². The maximum atomic E-state index is 14.0. The second-order valence-corrected chi connectivity index (χ2v) is 10.1. The van der Waals surface area contributed by atoms with Crippen molar-refractivity contribution in [3.8, 4) is 34.8 Å². The second kappa shape index (κ2) is 11.8. The lowest BCUT2D eigenvalue weighted by molar-refractivity contribution is -0.925. The zero-order chi connectivity index (χ0) is 30.8. The summed E-state index contributed by atoms with van der Waals surface area (Å²) in [4.78, 5) is 25.3. The van der Waals surface area contributed by atoms with Crippen molar-refractivity contribution < 1.29 is 33.1 Å². The molecule has 0 N–H and O–H groups in total. The lowest BCUT2D eigenvalue weighted by Crippen LogP contribution is -2.40. The molecule has 0 fully saturated rings. The second-order valence-electron chi connectivity index (χ2n) is 10.1. The molecule has 0 amide bonds. The van der Waals surface area contributed by atoms with Crippen LogP contribution in [0.1, 0.15) is 34.1 Å². The fraction of sp³-hybridized carbons (Fsp3) is 0.345. The van der Waals surface area contributed by atoms with Crippen LogP contribution in [0.25, 0.3) is 10.9 Å². The first kappa shape index (κ1) is 29.9. The highest BCUT2D eigenvalue weighted by Crippen LogP contribution is 2.39. The highest BCUT2D eigenvalue weighted by Gasteiger charge is 2.30. The predicted molar refractivity (Wildman–Crippen MR) is 154 cm³/mol. The number of aromatic nitrogens is 4. The van der Waals surface area contributed by atoms with Gasteiger partial charge in [0.1, 0.15) is 30.6 Å². The Hall–Kier alpha value is -5.09. The maximum Gasteiger partial charge on any atom is 0.353 e. The standard InChI is InChI=1S/C29H33N6O7/c1-9-10-20-22(39-5)12-11-21-25(27(36)18-13-23(40-6)28(42-8)24(14-18)41-7)31-33(26(20)21)17-35(3,4)16-19-15-30-32(2)29(19)34(37)38/h11-15H,16-17H2,1-8H3/q+1. The van der Waals surface area contributed by atoms with Crippen molar-refractivity contribution in [2.24, 2.45) is 7.05 Å². The number of carbonyl (C=O) groups is 1. The highest BCUT2D eigenvalue weighted by molar-refractivity contribution is 6.16. The number of ether oxygens (including phenoxy) is 4. The van der Waals surface area contributed by atoms with Crippen molar-refractivity contribution in [3.05, 3.63) is 63.0 Å². The zero-order valence-electron chi connectivity index (χ0n) is 24.8. The molecule has 0 radical (unpaired) electrons. The summed E-state index contributed by atoms with van der Waals surface area (Å²) in [5, 5.41) is 21.1. The molecule has 13 heteroatoms. The average Bonchev–Trinajstić information content (AvgIpc) is 3.50. The summed E-state index contributed by atoms with van der Waals surface area (Å²) in [5.74, 6) is 7.13. The fourth-order valence-electron chi connectivity index (χ4n) is 4.99. The van der Waals surface area contributed by atoms with Crippen molar-refractivity contribution in [2.45, 2.75) is 20.1 Å². The van der Waals surface area contributed by atoms with Gasteiger partial charge >= 0.3 is 5.82 Å². The quantitative estimate of drug-likeness (QED) is 0.0863. The minimum absolute atomic E-state index is 0.0796. The van der Waals surface area contributed by atoms with Gasteiger partial charge in [-0.3, -0.25) is 4.79 Å².